The van der Waals surface area contributed by atoms with Gasteiger partial charge in [-0.3, -0.25) is 10.0 Å². The number of rotatable bonds is 10. The smallest absolute Gasteiger partial charge is 0.244 e. The van der Waals surface area contributed by atoms with E-state index in [2.05, 4.69) is 10.1 Å². The lowest BCUT2D eigenvalue weighted by atomic mass is 9.84. The molecule has 1 heterocycles. The molecular formula is C17H29N3O4. The summed E-state index contributed by atoms with van der Waals surface area (Å²) in [7, 11) is 1.63. The molecule has 2 N–H and O–H groups in total. The number of hydrogen-bond donors (Lipinski definition) is 2. The molecule has 0 aromatic carbocycles. The number of hydrogen-bond acceptors (Lipinski definition) is 6. The maximum atomic E-state index is 11.6. The third-order valence-electron chi connectivity index (χ3n) is 4.81. The second-order valence-electron chi connectivity index (χ2n) is 6.66. The number of carbonyl (C=O) groups excluding carboxylic acids is 1. The molecule has 2 rings (SSSR count). The van der Waals surface area contributed by atoms with Crippen LogP contribution in [0.2, 0.25) is 0 Å². The second kappa shape index (κ2) is 10.4. The van der Waals surface area contributed by atoms with Crippen molar-refractivity contribution in [3.05, 3.63) is 11.7 Å². The lowest BCUT2D eigenvalue weighted by molar-refractivity contribution is -0.129. The van der Waals surface area contributed by atoms with E-state index in [1.807, 2.05) is 0 Å². The zero-order chi connectivity index (χ0) is 17.2. The van der Waals surface area contributed by atoms with Gasteiger partial charge in [0, 0.05) is 25.9 Å². The van der Waals surface area contributed by atoms with Crippen LogP contribution < -0.4 is 5.48 Å². The summed E-state index contributed by atoms with van der Waals surface area (Å²) in [4.78, 5) is 15.9. The van der Waals surface area contributed by atoms with Gasteiger partial charge in [-0.15, -0.1) is 0 Å². The first kappa shape index (κ1) is 18.9. The Bertz CT molecular complexity index is 486. The van der Waals surface area contributed by atoms with Gasteiger partial charge in [0.25, 0.3) is 0 Å². The lowest BCUT2D eigenvalue weighted by Gasteiger charge is -2.22. The highest BCUT2D eigenvalue weighted by molar-refractivity contribution is 5.75. The molecule has 1 atom stereocenters. The molecule has 0 spiro atoms. The number of amides is 1. The van der Waals surface area contributed by atoms with Crippen LogP contribution in [0.3, 0.4) is 0 Å². The number of carbonyl (C=O) groups is 1. The SMILES string of the molecule is COCCc1noc(C(CCCC2CCCCC2)CC(=O)NO)n1. The first-order valence-electron chi connectivity index (χ1n) is 8.97. The van der Waals surface area contributed by atoms with Crippen LogP contribution in [-0.4, -0.2) is 35.0 Å². The predicted molar refractivity (Wildman–Crippen MR) is 87.6 cm³/mol. The first-order chi connectivity index (χ1) is 11.7. The second-order valence-corrected chi connectivity index (χ2v) is 6.66. The van der Waals surface area contributed by atoms with Gasteiger partial charge < -0.3 is 9.26 Å². The van der Waals surface area contributed by atoms with Crippen LogP contribution >= 0.6 is 0 Å². The largest absolute Gasteiger partial charge is 0.384 e. The van der Waals surface area contributed by atoms with E-state index in [0.29, 0.717) is 24.7 Å². The summed E-state index contributed by atoms with van der Waals surface area (Å²) in [5, 5.41) is 12.7. The van der Waals surface area contributed by atoms with Gasteiger partial charge in [0.15, 0.2) is 5.82 Å². The van der Waals surface area contributed by atoms with Gasteiger partial charge in [0.1, 0.15) is 0 Å². The topological polar surface area (TPSA) is 97.5 Å². The van der Waals surface area contributed by atoms with Gasteiger partial charge in [0.2, 0.25) is 11.8 Å². The first-order valence-corrected chi connectivity index (χ1v) is 8.97. The summed E-state index contributed by atoms with van der Waals surface area (Å²) in [6.07, 6.45) is 10.5. The molecule has 24 heavy (non-hydrogen) atoms. The molecule has 1 unspecified atom stereocenters. The maximum Gasteiger partial charge on any atom is 0.244 e. The average molecular weight is 339 g/mol. The molecule has 136 valence electrons. The summed E-state index contributed by atoms with van der Waals surface area (Å²) in [5.41, 5.74) is 1.70. The monoisotopic (exact) mass is 339 g/mol. The maximum absolute atomic E-state index is 11.6. The normalized spacial score (nSPS) is 16.9. The van der Waals surface area contributed by atoms with E-state index in [9.17, 15) is 4.79 Å². The number of nitrogens with zero attached hydrogens (tertiary/aromatic N) is 2. The minimum absolute atomic E-state index is 0.149. The summed E-state index contributed by atoms with van der Waals surface area (Å²) < 4.78 is 10.3. The molecule has 1 aliphatic rings. The van der Waals surface area contributed by atoms with Crippen molar-refractivity contribution in [1.29, 1.82) is 0 Å². The number of hydroxylamine groups is 1. The van der Waals surface area contributed by atoms with Crippen molar-refractivity contribution in [1.82, 2.24) is 15.6 Å². The van der Waals surface area contributed by atoms with Gasteiger partial charge in [-0.2, -0.15) is 4.98 Å². The Morgan fingerprint density at radius 3 is 2.92 bits per heavy atom. The van der Waals surface area contributed by atoms with Crippen molar-refractivity contribution in [3.63, 3.8) is 0 Å². The molecular weight excluding hydrogens is 310 g/mol. The lowest BCUT2D eigenvalue weighted by Crippen LogP contribution is -2.21. The van der Waals surface area contributed by atoms with Crippen molar-refractivity contribution < 1.29 is 19.3 Å². The van der Waals surface area contributed by atoms with Crippen LogP contribution in [0, 0.1) is 5.92 Å². The Morgan fingerprint density at radius 2 is 2.21 bits per heavy atom. The third kappa shape index (κ3) is 6.20. The van der Waals surface area contributed by atoms with E-state index in [-0.39, 0.29) is 12.3 Å². The van der Waals surface area contributed by atoms with E-state index < -0.39 is 5.91 Å². The van der Waals surface area contributed by atoms with Gasteiger partial charge in [-0.1, -0.05) is 50.1 Å². The zero-order valence-corrected chi connectivity index (χ0v) is 14.5. The fourth-order valence-corrected chi connectivity index (χ4v) is 3.44. The molecule has 0 bridgehead atoms. The molecule has 1 aliphatic carbocycles. The number of methoxy groups -OCH3 is 1. The molecule has 7 heteroatoms. The quantitative estimate of drug-likeness (QED) is 0.502. The van der Waals surface area contributed by atoms with Crippen molar-refractivity contribution in [2.75, 3.05) is 13.7 Å². The average Bonchev–Trinajstić information content (AvgIpc) is 3.08. The molecule has 1 aromatic rings. The Morgan fingerprint density at radius 1 is 1.42 bits per heavy atom. The van der Waals surface area contributed by atoms with Gasteiger partial charge >= 0.3 is 0 Å². The fourth-order valence-electron chi connectivity index (χ4n) is 3.44. The summed E-state index contributed by atoms with van der Waals surface area (Å²) in [6.45, 7) is 0.530. The van der Waals surface area contributed by atoms with Crippen LogP contribution in [0.1, 0.15) is 75.4 Å². The summed E-state index contributed by atoms with van der Waals surface area (Å²) >= 11 is 0. The molecule has 0 saturated heterocycles. The third-order valence-corrected chi connectivity index (χ3v) is 4.81. The van der Waals surface area contributed by atoms with Crippen LogP contribution in [-0.2, 0) is 16.0 Å². The van der Waals surface area contributed by atoms with Crippen LogP contribution in [0.15, 0.2) is 4.52 Å². The standard InChI is InChI=1S/C17H29N3O4/c1-23-11-10-15-18-17(24-20-15)14(12-16(21)19-22)9-5-8-13-6-3-2-4-7-13/h13-14,22H,2-12H2,1H3,(H,19,21). The predicted octanol–water partition coefficient (Wildman–Crippen LogP) is 2.99. The van der Waals surface area contributed by atoms with E-state index in [1.54, 1.807) is 12.6 Å². The highest BCUT2D eigenvalue weighted by atomic mass is 16.5. The Balaban J connectivity index is 1.88. The fraction of sp³-hybridized carbons (Fsp3) is 0.824. The summed E-state index contributed by atoms with van der Waals surface area (Å²) in [6, 6.07) is 0. The van der Waals surface area contributed by atoms with Crippen molar-refractivity contribution in [2.24, 2.45) is 5.92 Å². The van der Waals surface area contributed by atoms with Gasteiger partial charge in [-0.25, -0.2) is 5.48 Å². The van der Waals surface area contributed by atoms with Crippen LogP contribution in [0.25, 0.3) is 0 Å². The highest BCUT2D eigenvalue weighted by Crippen LogP contribution is 2.31. The van der Waals surface area contributed by atoms with E-state index in [0.717, 1.165) is 18.8 Å². The Kier molecular flexibility index (Phi) is 8.18. The van der Waals surface area contributed by atoms with Gasteiger partial charge in [-0.05, 0) is 12.3 Å². The van der Waals surface area contributed by atoms with Crippen LogP contribution in [0.4, 0.5) is 0 Å². The number of ether oxygens (including phenoxy) is 1. The van der Waals surface area contributed by atoms with Crippen molar-refractivity contribution in [3.8, 4) is 0 Å². The zero-order valence-electron chi connectivity index (χ0n) is 14.5. The molecule has 1 fully saturated rings. The molecule has 0 radical (unpaired) electrons. The van der Waals surface area contributed by atoms with E-state index >= 15 is 0 Å². The molecule has 0 aliphatic heterocycles. The molecule has 1 saturated carbocycles. The molecule has 7 nitrogen and oxygen atoms in total. The number of nitrogens with one attached hydrogen (secondary N) is 1. The Labute approximate surface area is 143 Å². The Hall–Kier alpha value is -1.47. The van der Waals surface area contributed by atoms with Crippen molar-refractivity contribution in [2.45, 2.75) is 70.1 Å². The minimum atomic E-state index is -0.422. The highest BCUT2D eigenvalue weighted by Gasteiger charge is 2.23. The molecule has 1 amide bonds. The number of aromatic nitrogens is 2. The minimum Gasteiger partial charge on any atom is -0.384 e. The van der Waals surface area contributed by atoms with E-state index in [1.165, 1.54) is 38.5 Å². The van der Waals surface area contributed by atoms with Gasteiger partial charge in [0.05, 0.1) is 6.61 Å². The van der Waals surface area contributed by atoms with Crippen molar-refractivity contribution >= 4 is 5.91 Å². The van der Waals surface area contributed by atoms with Crippen LogP contribution in [0.5, 0.6) is 0 Å². The summed E-state index contributed by atoms with van der Waals surface area (Å²) in [5.74, 6) is 1.31. The molecule has 1 aromatic heterocycles. The van der Waals surface area contributed by atoms with E-state index in [4.69, 9.17) is 14.5 Å².